The Labute approximate surface area is 179 Å². The van der Waals surface area contributed by atoms with Crippen LogP contribution in [-0.4, -0.2) is 27.9 Å². The number of hydrogen-bond acceptors (Lipinski definition) is 7. The van der Waals surface area contributed by atoms with Gasteiger partial charge in [0, 0.05) is 24.5 Å². The molecule has 0 aliphatic heterocycles. The summed E-state index contributed by atoms with van der Waals surface area (Å²) in [7, 11) is 1.67. The summed E-state index contributed by atoms with van der Waals surface area (Å²) in [5, 5.41) is 4.29. The number of nitrogens with two attached hydrogens (primary N) is 1. The minimum atomic E-state index is -0.191. The van der Waals surface area contributed by atoms with Gasteiger partial charge in [-0.15, -0.1) is 22.7 Å². The number of carbonyl (C=O) groups is 1. The molecule has 3 rings (SSSR count). The molecule has 1 amide bonds. The normalized spacial score (nSPS) is 11.0. The molecule has 0 fully saturated rings. The number of aryl methyl sites for hydroxylation is 1. The summed E-state index contributed by atoms with van der Waals surface area (Å²) in [5.74, 6) is 1.03. The largest absolute Gasteiger partial charge is 0.326 e. The van der Waals surface area contributed by atoms with Gasteiger partial charge in [-0.2, -0.15) is 0 Å². The van der Waals surface area contributed by atoms with E-state index in [0.717, 1.165) is 31.1 Å². The van der Waals surface area contributed by atoms with E-state index in [9.17, 15) is 4.79 Å². The van der Waals surface area contributed by atoms with Gasteiger partial charge in [0.25, 0.3) is 5.91 Å². The number of anilines is 1. The molecule has 3 aromatic rings. The third-order valence-corrected chi connectivity index (χ3v) is 6.17. The Morgan fingerprint density at radius 2 is 2.10 bits per heavy atom. The van der Waals surface area contributed by atoms with Gasteiger partial charge in [-0.3, -0.25) is 15.2 Å². The summed E-state index contributed by atoms with van der Waals surface area (Å²) in [4.78, 5) is 24.7. The third kappa shape index (κ3) is 5.09. The smallest absolute Gasteiger partial charge is 0.264 e. The first kappa shape index (κ1) is 22.7. The molecule has 0 unspecified atom stereocenters. The Kier molecular flexibility index (Phi) is 8.07. The Hall–Kier alpha value is -2.55. The minimum absolute atomic E-state index is 0.191. The van der Waals surface area contributed by atoms with Crippen molar-refractivity contribution in [2.45, 2.75) is 34.2 Å². The van der Waals surface area contributed by atoms with Crippen LogP contribution < -0.4 is 11.2 Å². The number of nitrogens with one attached hydrogen (secondary N) is 1. The lowest BCUT2D eigenvalue weighted by atomic mass is 10.2. The Morgan fingerprint density at radius 3 is 2.69 bits per heavy atom. The van der Waals surface area contributed by atoms with Crippen LogP contribution >= 0.6 is 22.7 Å². The lowest BCUT2D eigenvalue weighted by Gasteiger charge is -2.18. The molecule has 0 radical (unpaired) electrons. The van der Waals surface area contributed by atoms with Crippen LogP contribution in [0.1, 0.15) is 31.2 Å². The Morgan fingerprint density at radius 1 is 1.38 bits per heavy atom. The van der Waals surface area contributed by atoms with Gasteiger partial charge in [-0.25, -0.2) is 9.97 Å². The topological polar surface area (TPSA) is 84.1 Å². The summed E-state index contributed by atoms with van der Waals surface area (Å²) >= 11 is 3.13. The van der Waals surface area contributed by atoms with Gasteiger partial charge in [0.05, 0.1) is 10.3 Å². The Balaban J connectivity index is 0.00000145. The molecule has 0 spiro atoms. The SMILES string of the molecule is C=C/C(C)=C\C(=O)N(C)Nc1nc(-c2cccs2)nc2sc(CN)c(C)c12.CC. The van der Waals surface area contributed by atoms with Crippen molar-refractivity contribution in [2.75, 3.05) is 12.5 Å². The zero-order chi connectivity index (χ0) is 21.6. The van der Waals surface area contributed by atoms with E-state index in [1.165, 1.54) is 11.1 Å². The van der Waals surface area contributed by atoms with Crippen LogP contribution in [0.5, 0.6) is 0 Å². The summed E-state index contributed by atoms with van der Waals surface area (Å²) in [6.07, 6.45) is 3.16. The van der Waals surface area contributed by atoms with Crippen LogP contribution in [-0.2, 0) is 11.3 Å². The molecule has 154 valence electrons. The van der Waals surface area contributed by atoms with Gasteiger partial charge in [-0.05, 0) is 36.4 Å². The van der Waals surface area contributed by atoms with Gasteiger partial charge >= 0.3 is 0 Å². The van der Waals surface area contributed by atoms with Gasteiger partial charge in [-0.1, -0.05) is 32.6 Å². The number of aromatic nitrogens is 2. The van der Waals surface area contributed by atoms with Crippen LogP contribution in [0.25, 0.3) is 20.9 Å². The maximum Gasteiger partial charge on any atom is 0.264 e. The standard InChI is InChI=1S/C19H21N5OS2.C2H6/c1-5-11(2)9-15(25)24(4)23-18-16-12(3)14(10-20)27-19(16)22-17(21-18)13-7-6-8-26-13;1-2/h5-9H,1,10,20H2,2-4H3,(H,21,22,23);1-2H3/b11-9-;. The van der Waals surface area contributed by atoms with Gasteiger partial charge in [0.15, 0.2) is 11.6 Å². The van der Waals surface area contributed by atoms with E-state index in [1.54, 1.807) is 35.8 Å². The van der Waals surface area contributed by atoms with Crippen molar-refractivity contribution in [1.82, 2.24) is 15.0 Å². The van der Waals surface area contributed by atoms with Crippen molar-refractivity contribution in [3.8, 4) is 10.7 Å². The van der Waals surface area contributed by atoms with Crippen LogP contribution in [0.2, 0.25) is 0 Å². The molecule has 0 aromatic carbocycles. The van der Waals surface area contributed by atoms with E-state index in [0.29, 0.717) is 18.2 Å². The number of nitrogens with zero attached hydrogens (tertiary/aromatic N) is 3. The number of rotatable bonds is 6. The minimum Gasteiger partial charge on any atom is -0.326 e. The number of amides is 1. The molecule has 0 aliphatic carbocycles. The van der Waals surface area contributed by atoms with E-state index in [-0.39, 0.29) is 5.91 Å². The second kappa shape index (κ2) is 10.3. The monoisotopic (exact) mass is 429 g/mol. The molecule has 6 nitrogen and oxygen atoms in total. The fourth-order valence-corrected chi connectivity index (χ4v) is 4.25. The van der Waals surface area contributed by atoms with Crippen LogP contribution in [0.3, 0.4) is 0 Å². The molecule has 0 saturated heterocycles. The van der Waals surface area contributed by atoms with Crippen molar-refractivity contribution in [2.24, 2.45) is 5.73 Å². The van der Waals surface area contributed by atoms with Crippen molar-refractivity contribution < 1.29 is 4.79 Å². The number of allylic oxidation sites excluding steroid dienone is 2. The highest BCUT2D eigenvalue weighted by atomic mass is 32.1. The average molecular weight is 430 g/mol. The van der Waals surface area contributed by atoms with E-state index >= 15 is 0 Å². The van der Waals surface area contributed by atoms with Crippen molar-refractivity contribution in [1.29, 1.82) is 0 Å². The summed E-state index contributed by atoms with van der Waals surface area (Å²) < 4.78 is 0. The lowest BCUT2D eigenvalue weighted by molar-refractivity contribution is -0.123. The van der Waals surface area contributed by atoms with E-state index in [1.807, 2.05) is 45.2 Å². The first-order chi connectivity index (χ1) is 13.9. The predicted molar refractivity (Wildman–Crippen MR) is 125 cm³/mol. The maximum atomic E-state index is 12.4. The molecule has 0 saturated carbocycles. The molecule has 0 aliphatic rings. The third-order valence-electron chi connectivity index (χ3n) is 4.09. The zero-order valence-electron chi connectivity index (χ0n) is 17.4. The number of likely N-dealkylation sites (N-methyl/N-ethyl adjacent to an activating group) is 1. The Bertz CT molecular complexity index is 1020. The van der Waals surface area contributed by atoms with Gasteiger partial charge in [0.1, 0.15) is 4.83 Å². The summed E-state index contributed by atoms with van der Waals surface area (Å²) in [6, 6.07) is 3.94. The first-order valence-corrected chi connectivity index (χ1v) is 11.0. The van der Waals surface area contributed by atoms with Crippen LogP contribution in [0.15, 0.2) is 41.8 Å². The molecule has 0 atom stereocenters. The van der Waals surface area contributed by atoms with Gasteiger partial charge < -0.3 is 5.73 Å². The van der Waals surface area contributed by atoms with E-state index in [2.05, 4.69) is 12.0 Å². The molecule has 8 heteroatoms. The van der Waals surface area contributed by atoms with Gasteiger partial charge in [0.2, 0.25) is 0 Å². The van der Waals surface area contributed by atoms with E-state index < -0.39 is 0 Å². The average Bonchev–Trinajstić information content (AvgIpc) is 3.37. The van der Waals surface area contributed by atoms with Crippen molar-refractivity contribution in [3.63, 3.8) is 0 Å². The van der Waals surface area contributed by atoms with Crippen molar-refractivity contribution >= 4 is 44.6 Å². The summed E-state index contributed by atoms with van der Waals surface area (Å²) in [6.45, 7) is 11.9. The van der Waals surface area contributed by atoms with Crippen molar-refractivity contribution in [3.05, 3.63) is 52.3 Å². The highest BCUT2D eigenvalue weighted by Gasteiger charge is 2.18. The lowest BCUT2D eigenvalue weighted by Crippen LogP contribution is -2.31. The zero-order valence-corrected chi connectivity index (χ0v) is 19.1. The van der Waals surface area contributed by atoms with E-state index in [4.69, 9.17) is 15.7 Å². The molecular weight excluding hydrogens is 402 g/mol. The van der Waals surface area contributed by atoms with Crippen LogP contribution in [0, 0.1) is 6.92 Å². The number of thiophene rings is 2. The summed E-state index contributed by atoms with van der Waals surface area (Å²) in [5.41, 5.74) is 10.8. The maximum absolute atomic E-state index is 12.4. The second-order valence-corrected chi connectivity index (χ2v) is 8.04. The molecular formula is C21H27N5OS2. The predicted octanol–water partition coefficient (Wildman–Crippen LogP) is 5.13. The fourth-order valence-electron chi connectivity index (χ4n) is 2.54. The highest BCUT2D eigenvalue weighted by molar-refractivity contribution is 7.19. The highest BCUT2D eigenvalue weighted by Crippen LogP contribution is 2.36. The first-order valence-electron chi connectivity index (χ1n) is 9.33. The molecule has 3 aromatic heterocycles. The molecule has 3 N–H and O–H groups in total. The number of fused-ring (bicyclic) bond motifs is 1. The van der Waals surface area contributed by atoms with Crippen LogP contribution in [0.4, 0.5) is 5.82 Å². The number of carbonyl (C=O) groups excluding carboxylic acids is 1. The second-order valence-electron chi connectivity index (χ2n) is 6.01. The molecule has 3 heterocycles. The molecule has 29 heavy (non-hydrogen) atoms. The number of hydrazine groups is 1. The molecule has 0 bridgehead atoms. The number of hydrogen-bond donors (Lipinski definition) is 2. The fraction of sp³-hybridized carbons (Fsp3) is 0.286. The quantitative estimate of drug-likeness (QED) is 0.322.